The summed E-state index contributed by atoms with van der Waals surface area (Å²) < 4.78 is 0. The average Bonchev–Trinajstić information content (AvgIpc) is 2.40. The summed E-state index contributed by atoms with van der Waals surface area (Å²) in [7, 11) is 0. The first-order valence-corrected chi connectivity index (χ1v) is 5.64. The molecule has 0 unspecified atom stereocenters. The van der Waals surface area contributed by atoms with Gasteiger partial charge in [0.15, 0.2) is 0 Å². The molecule has 0 atom stereocenters. The molecule has 2 N–H and O–H groups in total. The maximum atomic E-state index is 3.38. The maximum Gasteiger partial charge on any atom is 0.0719 e. The van der Waals surface area contributed by atoms with Crippen LogP contribution >= 0.6 is 0 Å². The third kappa shape index (κ3) is 0.932. The van der Waals surface area contributed by atoms with E-state index in [0.29, 0.717) is 12.1 Å². The van der Waals surface area contributed by atoms with E-state index in [1.807, 2.05) is 0 Å². The number of benzene rings is 2. The molecule has 0 spiro atoms. The molecule has 16 heavy (non-hydrogen) atoms. The van der Waals surface area contributed by atoms with Crippen LogP contribution in [-0.4, -0.2) is 0 Å². The Morgan fingerprint density at radius 3 is 1.19 bits per heavy atom. The Kier molecular flexibility index (Phi) is 1.56. The van der Waals surface area contributed by atoms with Crippen LogP contribution in [0.15, 0.2) is 48.5 Å². The number of hydrogen-bond acceptors (Lipinski definition) is 2. The van der Waals surface area contributed by atoms with Crippen molar-refractivity contribution in [1.82, 2.24) is 10.9 Å². The van der Waals surface area contributed by atoms with Gasteiger partial charge in [0.05, 0.1) is 12.1 Å². The van der Waals surface area contributed by atoms with Gasteiger partial charge in [-0.1, -0.05) is 48.5 Å². The van der Waals surface area contributed by atoms with Gasteiger partial charge in [0.2, 0.25) is 0 Å². The molecule has 78 valence electrons. The van der Waals surface area contributed by atoms with E-state index < -0.39 is 0 Å². The fraction of sp³-hybridized carbons (Fsp3) is 0.143. The van der Waals surface area contributed by atoms with Crippen molar-refractivity contribution < 1.29 is 0 Å². The van der Waals surface area contributed by atoms with Crippen LogP contribution in [0.3, 0.4) is 0 Å². The molecule has 0 radical (unpaired) electrons. The van der Waals surface area contributed by atoms with E-state index in [0.717, 1.165) is 0 Å². The second-order valence-corrected chi connectivity index (χ2v) is 4.41. The molecule has 0 saturated heterocycles. The minimum atomic E-state index is 0.303. The van der Waals surface area contributed by atoms with E-state index in [-0.39, 0.29) is 0 Å². The monoisotopic (exact) mass is 208 g/mol. The van der Waals surface area contributed by atoms with E-state index in [2.05, 4.69) is 59.4 Å². The van der Waals surface area contributed by atoms with E-state index in [4.69, 9.17) is 0 Å². The first-order chi connectivity index (χ1) is 7.95. The number of hydrogen-bond donors (Lipinski definition) is 2. The van der Waals surface area contributed by atoms with E-state index in [1.54, 1.807) is 0 Å². The minimum absolute atomic E-state index is 0.303. The van der Waals surface area contributed by atoms with Crippen molar-refractivity contribution in [2.45, 2.75) is 12.1 Å². The van der Waals surface area contributed by atoms with Crippen molar-refractivity contribution in [1.29, 1.82) is 0 Å². The van der Waals surface area contributed by atoms with Crippen molar-refractivity contribution in [3.05, 3.63) is 70.8 Å². The van der Waals surface area contributed by atoms with Crippen molar-refractivity contribution in [3.8, 4) is 0 Å². The summed E-state index contributed by atoms with van der Waals surface area (Å²) >= 11 is 0. The number of rotatable bonds is 0. The molecule has 2 nitrogen and oxygen atoms in total. The third-order valence-corrected chi connectivity index (χ3v) is 3.61. The van der Waals surface area contributed by atoms with Crippen LogP contribution in [0.1, 0.15) is 34.3 Å². The van der Waals surface area contributed by atoms with E-state index in [1.165, 1.54) is 22.3 Å². The summed E-state index contributed by atoms with van der Waals surface area (Å²) in [5.74, 6) is 0. The van der Waals surface area contributed by atoms with Crippen LogP contribution in [-0.2, 0) is 0 Å². The van der Waals surface area contributed by atoms with E-state index >= 15 is 0 Å². The second kappa shape index (κ2) is 2.94. The summed E-state index contributed by atoms with van der Waals surface area (Å²) in [6.07, 6.45) is 0. The largest absolute Gasteiger partial charge is 0.245 e. The Balaban J connectivity index is 2.04. The Morgan fingerprint density at radius 1 is 0.562 bits per heavy atom. The standard InChI is InChI=1S/C14H12N2/c1-2-6-10-9(5-1)13-11-7-3-4-8-12(11)14(10)16-15-13/h1-8,13-16H. The first kappa shape index (κ1) is 8.50. The quantitative estimate of drug-likeness (QED) is 0.694. The molecule has 2 aromatic rings. The lowest BCUT2D eigenvalue weighted by Crippen LogP contribution is -2.49. The van der Waals surface area contributed by atoms with Gasteiger partial charge in [-0.15, -0.1) is 0 Å². The highest BCUT2D eigenvalue weighted by molar-refractivity contribution is 5.53. The van der Waals surface area contributed by atoms with Crippen LogP contribution in [0.5, 0.6) is 0 Å². The Labute approximate surface area is 94.3 Å². The van der Waals surface area contributed by atoms with Gasteiger partial charge in [-0.05, 0) is 22.3 Å². The highest BCUT2D eigenvalue weighted by atomic mass is 15.4. The van der Waals surface area contributed by atoms with Gasteiger partial charge in [-0.2, -0.15) is 0 Å². The fourth-order valence-corrected chi connectivity index (χ4v) is 2.89. The lowest BCUT2D eigenvalue weighted by atomic mass is 9.78. The Bertz CT molecular complexity index is 465. The van der Waals surface area contributed by atoms with Crippen molar-refractivity contribution in [2.75, 3.05) is 0 Å². The van der Waals surface area contributed by atoms with Gasteiger partial charge in [-0.25, -0.2) is 10.9 Å². The van der Waals surface area contributed by atoms with Gasteiger partial charge in [0, 0.05) is 0 Å². The summed E-state index contributed by atoms with van der Waals surface area (Å²) in [5.41, 5.74) is 12.4. The van der Waals surface area contributed by atoms with Gasteiger partial charge >= 0.3 is 0 Å². The molecule has 2 aliphatic heterocycles. The van der Waals surface area contributed by atoms with Crippen LogP contribution in [0.25, 0.3) is 0 Å². The predicted octanol–water partition coefficient (Wildman–Crippen LogP) is 2.29. The second-order valence-electron chi connectivity index (χ2n) is 4.41. The lowest BCUT2D eigenvalue weighted by molar-refractivity contribution is 0.372. The molecule has 2 heteroatoms. The van der Waals surface area contributed by atoms with Crippen LogP contribution in [0.2, 0.25) is 0 Å². The zero-order chi connectivity index (χ0) is 10.5. The SMILES string of the molecule is c1ccc2c(c1)C1NNC2c2ccccc21. The Hall–Kier alpha value is -1.64. The van der Waals surface area contributed by atoms with Crippen LogP contribution in [0.4, 0.5) is 0 Å². The molecule has 2 heterocycles. The summed E-state index contributed by atoms with van der Waals surface area (Å²) in [5, 5.41) is 0. The van der Waals surface area contributed by atoms with Crippen molar-refractivity contribution in [3.63, 3.8) is 0 Å². The van der Waals surface area contributed by atoms with Gasteiger partial charge in [0.25, 0.3) is 0 Å². The van der Waals surface area contributed by atoms with Crippen molar-refractivity contribution >= 4 is 0 Å². The molecule has 1 aliphatic carbocycles. The van der Waals surface area contributed by atoms with Gasteiger partial charge in [-0.3, -0.25) is 0 Å². The average molecular weight is 208 g/mol. The van der Waals surface area contributed by atoms with Gasteiger partial charge < -0.3 is 0 Å². The smallest absolute Gasteiger partial charge is 0.0719 e. The minimum Gasteiger partial charge on any atom is -0.245 e. The molecule has 0 aromatic heterocycles. The molecular weight excluding hydrogens is 196 g/mol. The zero-order valence-corrected chi connectivity index (χ0v) is 8.77. The predicted molar refractivity (Wildman–Crippen MR) is 62.8 cm³/mol. The highest BCUT2D eigenvalue weighted by Gasteiger charge is 2.36. The highest BCUT2D eigenvalue weighted by Crippen LogP contribution is 2.43. The molecular formula is C14H12N2. The normalized spacial score (nSPS) is 25.0. The molecule has 0 saturated carbocycles. The molecule has 2 bridgehead atoms. The van der Waals surface area contributed by atoms with Crippen molar-refractivity contribution in [2.24, 2.45) is 0 Å². The van der Waals surface area contributed by atoms with Crippen LogP contribution in [0, 0.1) is 0 Å². The first-order valence-electron chi connectivity index (χ1n) is 5.64. The zero-order valence-electron chi connectivity index (χ0n) is 8.77. The Morgan fingerprint density at radius 2 is 0.875 bits per heavy atom. The third-order valence-electron chi connectivity index (χ3n) is 3.61. The summed E-state index contributed by atoms with van der Waals surface area (Å²) in [6.45, 7) is 0. The van der Waals surface area contributed by atoms with Crippen LogP contribution < -0.4 is 10.9 Å². The number of hydrazine groups is 1. The number of fused-ring (bicyclic) bond motifs is 1. The maximum absolute atomic E-state index is 3.38. The number of nitrogens with one attached hydrogen (secondary N) is 2. The summed E-state index contributed by atoms with van der Waals surface area (Å²) in [6, 6.07) is 17.9. The molecule has 0 amide bonds. The molecule has 2 aromatic carbocycles. The lowest BCUT2D eigenvalue weighted by Gasteiger charge is -2.41. The fourth-order valence-electron chi connectivity index (χ4n) is 2.89. The molecule has 3 aliphatic rings. The van der Waals surface area contributed by atoms with E-state index in [9.17, 15) is 0 Å². The topological polar surface area (TPSA) is 24.1 Å². The molecule has 0 fully saturated rings. The molecule has 5 rings (SSSR count). The van der Waals surface area contributed by atoms with Gasteiger partial charge in [0.1, 0.15) is 0 Å². The summed E-state index contributed by atoms with van der Waals surface area (Å²) in [4.78, 5) is 0.